The van der Waals surface area contributed by atoms with Crippen molar-refractivity contribution in [3.8, 4) is 0 Å². The van der Waals surface area contributed by atoms with Gasteiger partial charge in [-0.2, -0.15) is 0 Å². The van der Waals surface area contributed by atoms with Crippen molar-refractivity contribution in [2.45, 2.75) is 19.4 Å². The first-order valence-electron chi connectivity index (χ1n) is 5.38. The Morgan fingerprint density at radius 3 is 3.12 bits per heavy atom. The van der Waals surface area contributed by atoms with Gasteiger partial charge >= 0.3 is 5.97 Å². The van der Waals surface area contributed by atoms with E-state index in [1.54, 1.807) is 0 Å². The molecule has 0 aromatic carbocycles. The summed E-state index contributed by atoms with van der Waals surface area (Å²) in [5.74, 6) is -1.03. The van der Waals surface area contributed by atoms with Crippen LogP contribution in [-0.4, -0.2) is 41.9 Å². The first kappa shape index (κ1) is 12.6. The van der Waals surface area contributed by atoms with Gasteiger partial charge in [-0.05, 0) is 6.42 Å². The van der Waals surface area contributed by atoms with Crippen LogP contribution in [0.25, 0.3) is 0 Å². The van der Waals surface area contributed by atoms with Crippen molar-refractivity contribution < 1.29 is 14.6 Å². The molecule has 7 heteroatoms. The standard InChI is InChI=1S/C10H13ClN2O3S/c1-2-6-5-13(3-4-16-6)10-12-8(11)7(17-10)9(14)15/h6H,2-5H2,1H3,(H,14,15). The third kappa shape index (κ3) is 2.70. The highest BCUT2D eigenvalue weighted by Crippen LogP contribution is 2.30. The minimum atomic E-state index is -1.03. The lowest BCUT2D eigenvalue weighted by Crippen LogP contribution is -2.42. The van der Waals surface area contributed by atoms with Gasteiger partial charge in [0.1, 0.15) is 0 Å². The van der Waals surface area contributed by atoms with Gasteiger partial charge in [0.25, 0.3) is 0 Å². The third-order valence-electron chi connectivity index (χ3n) is 2.63. The molecule has 2 rings (SSSR count). The average molecular weight is 277 g/mol. The fraction of sp³-hybridized carbons (Fsp3) is 0.600. The van der Waals surface area contributed by atoms with E-state index in [1.165, 1.54) is 0 Å². The number of hydrogen-bond donors (Lipinski definition) is 1. The molecule has 0 saturated carbocycles. The van der Waals surface area contributed by atoms with E-state index in [2.05, 4.69) is 11.9 Å². The summed E-state index contributed by atoms with van der Waals surface area (Å²) in [6.07, 6.45) is 1.11. The normalized spacial score (nSPS) is 20.6. The molecule has 1 aliphatic heterocycles. The van der Waals surface area contributed by atoms with Crippen molar-refractivity contribution in [3.05, 3.63) is 10.0 Å². The maximum Gasteiger partial charge on any atom is 0.349 e. The number of rotatable bonds is 3. The summed E-state index contributed by atoms with van der Waals surface area (Å²) in [7, 11) is 0. The lowest BCUT2D eigenvalue weighted by Gasteiger charge is -2.32. The van der Waals surface area contributed by atoms with Crippen LogP contribution in [0, 0.1) is 0 Å². The molecular formula is C10H13ClN2O3S. The Labute approximate surface area is 108 Å². The summed E-state index contributed by atoms with van der Waals surface area (Å²) < 4.78 is 5.55. The summed E-state index contributed by atoms with van der Waals surface area (Å²) in [4.78, 5) is 17.1. The third-order valence-corrected chi connectivity index (χ3v) is 4.12. The molecule has 0 amide bonds. The van der Waals surface area contributed by atoms with Crippen LogP contribution < -0.4 is 4.90 Å². The Morgan fingerprint density at radius 1 is 1.76 bits per heavy atom. The quantitative estimate of drug-likeness (QED) is 0.916. The van der Waals surface area contributed by atoms with E-state index in [-0.39, 0.29) is 16.1 Å². The van der Waals surface area contributed by atoms with Gasteiger partial charge < -0.3 is 14.7 Å². The lowest BCUT2D eigenvalue weighted by atomic mass is 10.2. The van der Waals surface area contributed by atoms with E-state index in [4.69, 9.17) is 21.4 Å². The number of thiazole rings is 1. The second kappa shape index (κ2) is 5.20. The van der Waals surface area contributed by atoms with E-state index in [0.717, 1.165) is 30.8 Å². The fourth-order valence-corrected chi connectivity index (χ4v) is 2.86. The smallest absolute Gasteiger partial charge is 0.349 e. The summed E-state index contributed by atoms with van der Waals surface area (Å²) in [5, 5.41) is 9.65. The van der Waals surface area contributed by atoms with Crippen LogP contribution >= 0.6 is 22.9 Å². The highest BCUT2D eigenvalue weighted by atomic mass is 35.5. The van der Waals surface area contributed by atoms with Crippen molar-refractivity contribution in [2.24, 2.45) is 0 Å². The minimum Gasteiger partial charge on any atom is -0.477 e. The number of morpholine rings is 1. The summed E-state index contributed by atoms with van der Waals surface area (Å²) in [6, 6.07) is 0. The van der Waals surface area contributed by atoms with Gasteiger partial charge in [0.2, 0.25) is 0 Å². The molecule has 1 N–H and O–H groups in total. The summed E-state index contributed by atoms with van der Waals surface area (Å²) >= 11 is 6.90. The number of ether oxygens (including phenoxy) is 1. The van der Waals surface area contributed by atoms with Gasteiger partial charge in [0.15, 0.2) is 15.2 Å². The number of carboxylic acids is 1. The highest BCUT2D eigenvalue weighted by Gasteiger charge is 2.24. The minimum absolute atomic E-state index is 0.0667. The number of nitrogens with zero attached hydrogens (tertiary/aromatic N) is 2. The molecule has 1 unspecified atom stereocenters. The predicted octanol–water partition coefficient (Wildman–Crippen LogP) is 2.11. The molecule has 0 spiro atoms. The largest absolute Gasteiger partial charge is 0.477 e. The molecule has 1 aromatic heterocycles. The van der Waals surface area contributed by atoms with Crippen LogP contribution in [0.2, 0.25) is 5.15 Å². The topological polar surface area (TPSA) is 62.7 Å². The maximum atomic E-state index is 10.9. The Morgan fingerprint density at radius 2 is 2.53 bits per heavy atom. The number of halogens is 1. The zero-order valence-electron chi connectivity index (χ0n) is 9.35. The fourth-order valence-electron chi connectivity index (χ4n) is 1.70. The zero-order chi connectivity index (χ0) is 12.4. The van der Waals surface area contributed by atoms with E-state index in [0.29, 0.717) is 11.7 Å². The SMILES string of the molecule is CCC1CN(c2nc(Cl)c(C(=O)O)s2)CCO1. The molecule has 1 fully saturated rings. The molecule has 1 aliphatic rings. The molecule has 17 heavy (non-hydrogen) atoms. The molecule has 0 aliphatic carbocycles. The Kier molecular flexibility index (Phi) is 3.86. The van der Waals surface area contributed by atoms with Gasteiger partial charge in [-0.3, -0.25) is 0 Å². The van der Waals surface area contributed by atoms with Gasteiger partial charge in [-0.25, -0.2) is 9.78 Å². The summed E-state index contributed by atoms with van der Waals surface area (Å²) in [6.45, 7) is 4.16. The first-order chi connectivity index (χ1) is 8.11. The number of anilines is 1. The van der Waals surface area contributed by atoms with Crippen molar-refractivity contribution >= 4 is 34.0 Å². The number of aromatic nitrogens is 1. The van der Waals surface area contributed by atoms with Crippen LogP contribution in [0.1, 0.15) is 23.0 Å². The molecule has 2 heterocycles. The highest BCUT2D eigenvalue weighted by molar-refractivity contribution is 7.18. The molecule has 0 radical (unpaired) electrons. The van der Waals surface area contributed by atoms with Crippen molar-refractivity contribution in [1.82, 2.24) is 4.98 Å². The predicted molar refractivity (Wildman–Crippen MR) is 66.3 cm³/mol. The molecule has 5 nitrogen and oxygen atoms in total. The van der Waals surface area contributed by atoms with Crippen LogP contribution in [-0.2, 0) is 4.74 Å². The van der Waals surface area contributed by atoms with Crippen LogP contribution in [0.5, 0.6) is 0 Å². The zero-order valence-corrected chi connectivity index (χ0v) is 10.9. The lowest BCUT2D eigenvalue weighted by molar-refractivity contribution is 0.0384. The van der Waals surface area contributed by atoms with Gasteiger partial charge in [-0.1, -0.05) is 29.9 Å². The molecule has 1 saturated heterocycles. The van der Waals surface area contributed by atoms with E-state index >= 15 is 0 Å². The molecule has 0 bridgehead atoms. The van der Waals surface area contributed by atoms with Crippen LogP contribution in [0.3, 0.4) is 0 Å². The molecule has 94 valence electrons. The second-order valence-electron chi connectivity index (χ2n) is 3.77. The number of aromatic carboxylic acids is 1. The molecule has 1 aromatic rings. The molecular weight excluding hydrogens is 264 g/mol. The Bertz CT molecular complexity index is 424. The average Bonchev–Trinajstić information content (AvgIpc) is 2.71. The van der Waals surface area contributed by atoms with Gasteiger partial charge in [-0.15, -0.1) is 0 Å². The monoisotopic (exact) mass is 276 g/mol. The number of carboxylic acid groups (broad SMARTS) is 1. The van der Waals surface area contributed by atoms with Crippen molar-refractivity contribution in [2.75, 3.05) is 24.6 Å². The van der Waals surface area contributed by atoms with Crippen LogP contribution in [0.4, 0.5) is 5.13 Å². The second-order valence-corrected chi connectivity index (χ2v) is 5.10. The van der Waals surface area contributed by atoms with Crippen molar-refractivity contribution in [1.29, 1.82) is 0 Å². The Balaban J connectivity index is 2.16. The maximum absolute atomic E-state index is 10.9. The van der Waals surface area contributed by atoms with Crippen molar-refractivity contribution in [3.63, 3.8) is 0 Å². The Hall–Kier alpha value is -0.850. The number of carbonyl (C=O) groups is 1. The van der Waals surface area contributed by atoms with Gasteiger partial charge in [0.05, 0.1) is 12.7 Å². The van der Waals surface area contributed by atoms with E-state index < -0.39 is 5.97 Å². The molecule has 1 atom stereocenters. The number of hydrogen-bond acceptors (Lipinski definition) is 5. The van der Waals surface area contributed by atoms with Gasteiger partial charge in [0, 0.05) is 13.1 Å². The van der Waals surface area contributed by atoms with E-state index in [9.17, 15) is 4.79 Å². The van der Waals surface area contributed by atoms with E-state index in [1.807, 2.05) is 4.90 Å². The first-order valence-corrected chi connectivity index (χ1v) is 6.57. The van der Waals surface area contributed by atoms with Crippen LogP contribution in [0.15, 0.2) is 0 Å². The summed E-state index contributed by atoms with van der Waals surface area (Å²) in [5.41, 5.74) is 0.